The second kappa shape index (κ2) is 7.12. The first kappa shape index (κ1) is 11.9. The topological polar surface area (TPSA) is 26.3 Å². The summed E-state index contributed by atoms with van der Waals surface area (Å²) in [5, 5.41) is 0. The van der Waals surface area contributed by atoms with Crippen molar-refractivity contribution in [2.75, 3.05) is 12.4 Å². The Bertz CT molecular complexity index is 309. The normalized spacial score (nSPS) is 9.60. The lowest BCUT2D eigenvalue weighted by Crippen LogP contribution is -2.02. The average Bonchev–Trinajstić information content (AvgIpc) is 2.29. The highest BCUT2D eigenvalue weighted by atomic mass is 32.2. The van der Waals surface area contributed by atoms with Gasteiger partial charge in [-0.25, -0.2) is 4.79 Å². The van der Waals surface area contributed by atoms with E-state index in [0.29, 0.717) is 6.61 Å². The third-order valence-corrected chi connectivity index (χ3v) is 2.81. The summed E-state index contributed by atoms with van der Waals surface area (Å²) in [6.07, 6.45) is 2.05. The summed E-state index contributed by atoms with van der Waals surface area (Å²) in [7, 11) is 0. The Balaban J connectivity index is 2.07. The lowest BCUT2D eigenvalue weighted by atomic mass is 10.4. The number of benzene rings is 1. The Hall–Kier alpha value is -1.22. The van der Waals surface area contributed by atoms with E-state index in [0.717, 1.165) is 12.2 Å². The van der Waals surface area contributed by atoms with Gasteiger partial charge in [-0.2, -0.15) is 0 Å². The molecule has 15 heavy (non-hydrogen) atoms. The minimum absolute atomic E-state index is 0.347. The van der Waals surface area contributed by atoms with Crippen LogP contribution in [0.4, 0.5) is 0 Å². The van der Waals surface area contributed by atoms with Crippen LogP contribution in [-0.4, -0.2) is 18.3 Å². The largest absolute Gasteiger partial charge is 0.463 e. The molecule has 0 aliphatic rings. The van der Waals surface area contributed by atoms with Crippen molar-refractivity contribution in [2.24, 2.45) is 0 Å². The summed E-state index contributed by atoms with van der Waals surface area (Å²) in [5.74, 6) is 0.605. The van der Waals surface area contributed by atoms with E-state index in [9.17, 15) is 4.79 Å². The van der Waals surface area contributed by atoms with Crippen LogP contribution in [0.2, 0.25) is 0 Å². The molecule has 1 aromatic rings. The molecule has 0 aromatic heterocycles. The number of carbonyl (C=O) groups excluding carboxylic acids is 1. The summed E-state index contributed by atoms with van der Waals surface area (Å²) < 4.78 is 4.86. The quantitative estimate of drug-likeness (QED) is 0.320. The lowest BCUT2D eigenvalue weighted by Gasteiger charge is -2.02. The van der Waals surface area contributed by atoms with Gasteiger partial charge in [-0.3, -0.25) is 0 Å². The molecule has 3 heteroatoms. The van der Waals surface area contributed by atoms with Gasteiger partial charge >= 0.3 is 5.97 Å². The minimum atomic E-state index is -0.347. The molecule has 0 amide bonds. The van der Waals surface area contributed by atoms with Gasteiger partial charge in [0.05, 0.1) is 6.61 Å². The minimum Gasteiger partial charge on any atom is -0.463 e. The van der Waals surface area contributed by atoms with Crippen molar-refractivity contribution < 1.29 is 9.53 Å². The van der Waals surface area contributed by atoms with E-state index < -0.39 is 0 Å². The van der Waals surface area contributed by atoms with Gasteiger partial charge in [0.1, 0.15) is 0 Å². The van der Waals surface area contributed by atoms with E-state index in [4.69, 9.17) is 4.74 Å². The fourth-order valence-electron chi connectivity index (χ4n) is 0.997. The van der Waals surface area contributed by atoms with Crippen LogP contribution in [0.1, 0.15) is 6.42 Å². The molecule has 0 saturated heterocycles. The number of ether oxygens (including phenoxy) is 1. The lowest BCUT2D eigenvalue weighted by molar-refractivity contribution is -0.137. The zero-order valence-corrected chi connectivity index (χ0v) is 9.33. The van der Waals surface area contributed by atoms with Crippen LogP contribution in [0.5, 0.6) is 0 Å². The standard InChI is InChI=1S/C12H14O2S/c1-2-12(13)14-9-6-10-15-11-7-4-3-5-8-11/h2-5,7-8H,1,6,9-10H2. The fourth-order valence-corrected chi connectivity index (χ4v) is 1.84. The fraction of sp³-hybridized carbons (Fsp3) is 0.250. The predicted molar refractivity (Wildman–Crippen MR) is 62.9 cm³/mol. The third kappa shape index (κ3) is 5.27. The first-order valence-corrected chi connectivity index (χ1v) is 5.78. The highest BCUT2D eigenvalue weighted by Crippen LogP contribution is 2.17. The first-order chi connectivity index (χ1) is 7.33. The molecule has 0 atom stereocenters. The molecule has 0 unspecified atom stereocenters. The van der Waals surface area contributed by atoms with E-state index in [-0.39, 0.29) is 5.97 Å². The molecule has 0 bridgehead atoms. The Kier molecular flexibility index (Phi) is 5.63. The van der Waals surface area contributed by atoms with Crippen molar-refractivity contribution in [1.82, 2.24) is 0 Å². The smallest absolute Gasteiger partial charge is 0.330 e. The molecule has 1 rings (SSSR count). The number of hydrogen-bond donors (Lipinski definition) is 0. The number of esters is 1. The van der Waals surface area contributed by atoms with Crippen molar-refractivity contribution in [3.63, 3.8) is 0 Å². The SMILES string of the molecule is C=CC(=O)OCCCSc1ccccc1. The van der Waals surface area contributed by atoms with Crippen molar-refractivity contribution in [3.05, 3.63) is 43.0 Å². The molecule has 0 fully saturated rings. The van der Waals surface area contributed by atoms with E-state index in [1.54, 1.807) is 11.8 Å². The number of thioether (sulfide) groups is 1. The summed E-state index contributed by atoms with van der Waals surface area (Å²) in [4.78, 5) is 11.9. The predicted octanol–water partition coefficient (Wildman–Crippen LogP) is 2.90. The molecule has 0 saturated carbocycles. The van der Waals surface area contributed by atoms with Crippen molar-refractivity contribution in [1.29, 1.82) is 0 Å². The third-order valence-electron chi connectivity index (χ3n) is 1.71. The van der Waals surface area contributed by atoms with Crippen LogP contribution in [-0.2, 0) is 9.53 Å². The first-order valence-electron chi connectivity index (χ1n) is 4.80. The van der Waals surface area contributed by atoms with Gasteiger partial charge in [0.15, 0.2) is 0 Å². The molecule has 80 valence electrons. The summed E-state index contributed by atoms with van der Waals surface area (Å²) >= 11 is 1.76. The van der Waals surface area contributed by atoms with Gasteiger partial charge in [0, 0.05) is 16.7 Å². The molecule has 0 spiro atoms. The van der Waals surface area contributed by atoms with Gasteiger partial charge < -0.3 is 4.74 Å². The summed E-state index contributed by atoms with van der Waals surface area (Å²) in [5.41, 5.74) is 0. The monoisotopic (exact) mass is 222 g/mol. The van der Waals surface area contributed by atoms with E-state index in [1.807, 2.05) is 18.2 Å². The highest BCUT2D eigenvalue weighted by Gasteiger charge is 1.96. The van der Waals surface area contributed by atoms with Crippen LogP contribution in [0, 0.1) is 0 Å². The number of hydrogen-bond acceptors (Lipinski definition) is 3. The second-order valence-electron chi connectivity index (χ2n) is 2.89. The second-order valence-corrected chi connectivity index (χ2v) is 4.06. The highest BCUT2D eigenvalue weighted by molar-refractivity contribution is 7.99. The van der Waals surface area contributed by atoms with Crippen LogP contribution in [0.15, 0.2) is 47.9 Å². The maximum atomic E-state index is 10.7. The van der Waals surface area contributed by atoms with Crippen molar-refractivity contribution in [2.45, 2.75) is 11.3 Å². The number of carbonyl (C=O) groups is 1. The van der Waals surface area contributed by atoms with E-state index >= 15 is 0 Å². The van der Waals surface area contributed by atoms with Crippen LogP contribution in [0.25, 0.3) is 0 Å². The molecule has 0 heterocycles. The average molecular weight is 222 g/mol. The van der Waals surface area contributed by atoms with Crippen molar-refractivity contribution >= 4 is 17.7 Å². The Morgan fingerprint density at radius 1 is 1.40 bits per heavy atom. The molecule has 1 aromatic carbocycles. The van der Waals surface area contributed by atoms with Crippen molar-refractivity contribution in [3.8, 4) is 0 Å². The summed E-state index contributed by atoms with van der Waals surface area (Å²) in [6.45, 7) is 3.79. The molecular formula is C12H14O2S. The van der Waals surface area contributed by atoms with Gasteiger partial charge in [0.25, 0.3) is 0 Å². The van der Waals surface area contributed by atoms with Gasteiger partial charge in [-0.05, 0) is 18.6 Å². The molecular weight excluding hydrogens is 208 g/mol. The van der Waals surface area contributed by atoms with Gasteiger partial charge in [0.2, 0.25) is 0 Å². The molecule has 0 aliphatic heterocycles. The zero-order chi connectivity index (χ0) is 10.9. The van der Waals surface area contributed by atoms with Gasteiger partial charge in [-0.15, -0.1) is 11.8 Å². The Labute approximate surface area is 94.3 Å². The molecule has 2 nitrogen and oxygen atoms in total. The maximum absolute atomic E-state index is 10.7. The Morgan fingerprint density at radius 3 is 2.80 bits per heavy atom. The van der Waals surface area contributed by atoms with E-state index in [1.165, 1.54) is 11.0 Å². The zero-order valence-electron chi connectivity index (χ0n) is 8.52. The number of rotatable bonds is 6. The molecule has 0 N–H and O–H groups in total. The summed E-state index contributed by atoms with van der Waals surface area (Å²) in [6, 6.07) is 10.2. The van der Waals surface area contributed by atoms with Crippen LogP contribution in [0.3, 0.4) is 0 Å². The molecule has 0 radical (unpaired) electrons. The van der Waals surface area contributed by atoms with Crippen LogP contribution >= 0.6 is 11.8 Å². The maximum Gasteiger partial charge on any atom is 0.330 e. The van der Waals surface area contributed by atoms with E-state index in [2.05, 4.69) is 18.7 Å². The molecule has 0 aliphatic carbocycles. The van der Waals surface area contributed by atoms with Crippen LogP contribution < -0.4 is 0 Å². The van der Waals surface area contributed by atoms with Gasteiger partial charge in [-0.1, -0.05) is 24.8 Å². The Morgan fingerprint density at radius 2 is 2.13 bits per heavy atom.